The van der Waals surface area contributed by atoms with Gasteiger partial charge in [-0.25, -0.2) is 4.68 Å². The Bertz CT molecular complexity index is 809. The molecule has 0 atom stereocenters. The molecule has 1 amide bonds. The minimum atomic E-state index is -0.166. The van der Waals surface area contributed by atoms with E-state index in [1.807, 2.05) is 13.0 Å². The molecule has 0 bridgehead atoms. The molecule has 0 aliphatic carbocycles. The molecule has 2 N–H and O–H groups in total. The fourth-order valence-corrected chi connectivity index (χ4v) is 2.25. The van der Waals surface area contributed by atoms with E-state index in [-0.39, 0.29) is 11.7 Å². The maximum absolute atomic E-state index is 12.2. The maximum atomic E-state index is 12.2. The van der Waals surface area contributed by atoms with Crippen molar-refractivity contribution >= 4 is 16.9 Å². The van der Waals surface area contributed by atoms with Gasteiger partial charge in [0.05, 0.1) is 5.52 Å². The molecule has 2 aromatic carbocycles. The third-order valence-electron chi connectivity index (χ3n) is 3.47. The van der Waals surface area contributed by atoms with Crippen molar-refractivity contribution < 1.29 is 9.90 Å². The lowest BCUT2D eigenvalue weighted by Crippen LogP contribution is -2.22. The lowest BCUT2D eigenvalue weighted by Gasteiger charge is -2.06. The summed E-state index contributed by atoms with van der Waals surface area (Å²) >= 11 is 0. The van der Waals surface area contributed by atoms with Gasteiger partial charge in [-0.05, 0) is 42.8 Å². The van der Waals surface area contributed by atoms with E-state index < -0.39 is 0 Å². The van der Waals surface area contributed by atoms with Gasteiger partial charge in [0.2, 0.25) is 0 Å². The predicted octanol–water partition coefficient (Wildman–Crippen LogP) is 2.09. The highest BCUT2D eigenvalue weighted by atomic mass is 16.3. The van der Waals surface area contributed by atoms with Crippen LogP contribution in [0.1, 0.15) is 22.8 Å². The molecule has 6 heteroatoms. The number of fused-ring (bicyclic) bond motifs is 1. The Morgan fingerprint density at radius 2 is 2.00 bits per heavy atom. The van der Waals surface area contributed by atoms with Crippen LogP contribution in [-0.2, 0) is 13.1 Å². The summed E-state index contributed by atoms with van der Waals surface area (Å²) in [7, 11) is 0. The van der Waals surface area contributed by atoms with Gasteiger partial charge in [-0.2, -0.15) is 0 Å². The van der Waals surface area contributed by atoms with Crippen molar-refractivity contribution in [3.05, 3.63) is 53.6 Å². The average Bonchev–Trinajstić information content (AvgIpc) is 2.96. The molecule has 0 spiro atoms. The Balaban J connectivity index is 1.73. The van der Waals surface area contributed by atoms with E-state index in [1.165, 1.54) is 0 Å². The highest BCUT2D eigenvalue weighted by Crippen LogP contribution is 2.14. The first kappa shape index (κ1) is 14.1. The van der Waals surface area contributed by atoms with Crippen LogP contribution in [0.3, 0.4) is 0 Å². The van der Waals surface area contributed by atoms with Crippen LogP contribution in [0.5, 0.6) is 5.75 Å². The number of hydrogen-bond donors (Lipinski definition) is 2. The summed E-state index contributed by atoms with van der Waals surface area (Å²) in [5.74, 6) is 0.0422. The number of aromatic hydroxyl groups is 1. The zero-order valence-corrected chi connectivity index (χ0v) is 12.2. The number of phenols is 1. The Morgan fingerprint density at radius 1 is 1.23 bits per heavy atom. The van der Waals surface area contributed by atoms with E-state index in [2.05, 4.69) is 15.6 Å². The molecule has 3 aromatic rings. The van der Waals surface area contributed by atoms with Gasteiger partial charge in [0.1, 0.15) is 11.3 Å². The second-order valence-corrected chi connectivity index (χ2v) is 4.96. The summed E-state index contributed by atoms with van der Waals surface area (Å²) in [4.78, 5) is 12.2. The molecule has 1 heterocycles. The SMILES string of the molecule is CCn1nnc2cc(C(=O)NCc3ccc(O)cc3)ccc21. The molecule has 3 rings (SSSR count). The van der Waals surface area contributed by atoms with Crippen molar-refractivity contribution in [3.63, 3.8) is 0 Å². The first-order valence-corrected chi connectivity index (χ1v) is 7.06. The van der Waals surface area contributed by atoms with Crippen molar-refractivity contribution in [2.45, 2.75) is 20.0 Å². The minimum absolute atomic E-state index is 0.166. The molecule has 1 aromatic heterocycles. The maximum Gasteiger partial charge on any atom is 0.251 e. The number of carbonyl (C=O) groups excluding carboxylic acids is 1. The molecule has 0 aliphatic rings. The van der Waals surface area contributed by atoms with Crippen LogP contribution in [0.25, 0.3) is 11.0 Å². The Hall–Kier alpha value is -2.89. The summed E-state index contributed by atoms with van der Waals surface area (Å²) in [6.45, 7) is 3.13. The van der Waals surface area contributed by atoms with Gasteiger partial charge in [0, 0.05) is 18.7 Å². The summed E-state index contributed by atoms with van der Waals surface area (Å²) in [5, 5.41) is 20.2. The number of amides is 1. The monoisotopic (exact) mass is 296 g/mol. The molecule has 0 aliphatic heterocycles. The minimum Gasteiger partial charge on any atom is -0.508 e. The van der Waals surface area contributed by atoms with Crippen LogP contribution >= 0.6 is 0 Å². The largest absolute Gasteiger partial charge is 0.508 e. The van der Waals surface area contributed by atoms with Gasteiger partial charge in [-0.15, -0.1) is 5.10 Å². The van der Waals surface area contributed by atoms with E-state index in [1.54, 1.807) is 41.1 Å². The summed E-state index contributed by atoms with van der Waals surface area (Å²) < 4.78 is 1.79. The summed E-state index contributed by atoms with van der Waals surface area (Å²) in [6.07, 6.45) is 0. The lowest BCUT2D eigenvalue weighted by molar-refractivity contribution is 0.0951. The zero-order chi connectivity index (χ0) is 15.5. The van der Waals surface area contributed by atoms with Crippen molar-refractivity contribution in [1.82, 2.24) is 20.3 Å². The van der Waals surface area contributed by atoms with Crippen molar-refractivity contribution in [3.8, 4) is 5.75 Å². The lowest BCUT2D eigenvalue weighted by atomic mass is 10.1. The number of hydrogen-bond acceptors (Lipinski definition) is 4. The summed E-state index contributed by atoms with van der Waals surface area (Å²) in [6, 6.07) is 12.1. The van der Waals surface area contributed by atoms with E-state index in [9.17, 15) is 9.90 Å². The Morgan fingerprint density at radius 3 is 2.73 bits per heavy atom. The van der Waals surface area contributed by atoms with Gasteiger partial charge >= 0.3 is 0 Å². The Labute approximate surface area is 127 Å². The average molecular weight is 296 g/mol. The molecule has 0 fully saturated rings. The van der Waals surface area contributed by atoms with Crippen LogP contribution in [0, 0.1) is 0 Å². The standard InChI is InChI=1S/C16H16N4O2/c1-2-20-15-8-5-12(9-14(15)18-19-20)16(22)17-10-11-3-6-13(21)7-4-11/h3-9,21H,2,10H2,1H3,(H,17,22). The van der Waals surface area contributed by atoms with Gasteiger partial charge in [0.25, 0.3) is 5.91 Å². The van der Waals surface area contributed by atoms with E-state index in [4.69, 9.17) is 0 Å². The van der Waals surface area contributed by atoms with E-state index >= 15 is 0 Å². The number of nitrogens with zero attached hydrogens (tertiary/aromatic N) is 3. The van der Waals surface area contributed by atoms with Crippen LogP contribution in [-0.4, -0.2) is 26.0 Å². The zero-order valence-electron chi connectivity index (χ0n) is 12.2. The number of rotatable bonds is 4. The molecule has 22 heavy (non-hydrogen) atoms. The molecule has 0 saturated heterocycles. The highest BCUT2D eigenvalue weighted by molar-refractivity contribution is 5.97. The van der Waals surface area contributed by atoms with Gasteiger partial charge < -0.3 is 10.4 Å². The molecule has 0 unspecified atom stereocenters. The van der Waals surface area contributed by atoms with Gasteiger partial charge in [0.15, 0.2) is 0 Å². The Kier molecular flexibility index (Phi) is 3.74. The topological polar surface area (TPSA) is 80.0 Å². The number of phenolic OH excluding ortho intramolecular Hbond substituents is 1. The van der Waals surface area contributed by atoms with Crippen LogP contribution in [0.4, 0.5) is 0 Å². The second-order valence-electron chi connectivity index (χ2n) is 4.96. The van der Waals surface area contributed by atoms with Crippen molar-refractivity contribution in [1.29, 1.82) is 0 Å². The first-order chi connectivity index (χ1) is 10.7. The number of carbonyl (C=O) groups is 1. The third kappa shape index (κ3) is 2.76. The van der Waals surface area contributed by atoms with Crippen LogP contribution in [0.2, 0.25) is 0 Å². The second kappa shape index (κ2) is 5.85. The van der Waals surface area contributed by atoms with Crippen molar-refractivity contribution in [2.75, 3.05) is 0 Å². The highest BCUT2D eigenvalue weighted by Gasteiger charge is 2.09. The third-order valence-corrected chi connectivity index (χ3v) is 3.47. The van der Waals surface area contributed by atoms with Crippen LogP contribution in [0.15, 0.2) is 42.5 Å². The molecule has 112 valence electrons. The van der Waals surface area contributed by atoms with Gasteiger partial charge in [-0.3, -0.25) is 4.79 Å². The normalized spacial score (nSPS) is 10.8. The number of aromatic nitrogens is 3. The molecular formula is C16H16N4O2. The van der Waals surface area contributed by atoms with E-state index in [0.717, 1.165) is 17.6 Å². The van der Waals surface area contributed by atoms with Crippen molar-refractivity contribution in [2.24, 2.45) is 0 Å². The smallest absolute Gasteiger partial charge is 0.251 e. The fourth-order valence-electron chi connectivity index (χ4n) is 2.25. The quantitative estimate of drug-likeness (QED) is 0.772. The predicted molar refractivity (Wildman–Crippen MR) is 82.5 cm³/mol. The first-order valence-electron chi connectivity index (χ1n) is 7.06. The number of benzene rings is 2. The van der Waals surface area contributed by atoms with Gasteiger partial charge in [-0.1, -0.05) is 17.3 Å². The fraction of sp³-hybridized carbons (Fsp3) is 0.188. The van der Waals surface area contributed by atoms with Crippen LogP contribution < -0.4 is 5.32 Å². The number of aryl methyl sites for hydroxylation is 1. The number of nitrogens with one attached hydrogen (secondary N) is 1. The molecule has 0 radical (unpaired) electrons. The molecule has 0 saturated carbocycles. The molecule has 6 nitrogen and oxygen atoms in total. The summed E-state index contributed by atoms with van der Waals surface area (Å²) in [5.41, 5.74) is 3.09. The molecular weight excluding hydrogens is 280 g/mol. The van der Waals surface area contributed by atoms with E-state index in [0.29, 0.717) is 17.6 Å².